The predicted octanol–water partition coefficient (Wildman–Crippen LogP) is 2.02. The number of H-pyrrole nitrogens is 1. The molecule has 0 saturated heterocycles. The molecule has 0 spiro atoms. The summed E-state index contributed by atoms with van der Waals surface area (Å²) < 4.78 is 14.1. The molecule has 0 fully saturated rings. The van der Waals surface area contributed by atoms with Crippen LogP contribution in [0.4, 0.5) is 4.39 Å². The van der Waals surface area contributed by atoms with Crippen molar-refractivity contribution in [3.8, 4) is 0 Å². The van der Waals surface area contributed by atoms with Crippen LogP contribution >= 0.6 is 12.2 Å². The molecule has 0 bridgehead atoms. The summed E-state index contributed by atoms with van der Waals surface area (Å²) in [5.74, 6) is -0.560. The van der Waals surface area contributed by atoms with Crippen LogP contribution in [-0.2, 0) is 0 Å². The van der Waals surface area contributed by atoms with E-state index < -0.39 is 5.82 Å². The quantitative estimate of drug-likeness (QED) is 0.745. The lowest BCUT2D eigenvalue weighted by atomic mass is 10.2. The van der Waals surface area contributed by atoms with Gasteiger partial charge in [0.25, 0.3) is 0 Å². The van der Waals surface area contributed by atoms with Crippen LogP contribution in [0.3, 0.4) is 0 Å². The third-order valence-electron chi connectivity index (χ3n) is 1.99. The van der Waals surface area contributed by atoms with E-state index in [0.29, 0.717) is 0 Å². The minimum atomic E-state index is -0.560. The molecule has 0 saturated carbocycles. The summed E-state index contributed by atoms with van der Waals surface area (Å²) in [6.45, 7) is 3.77. The van der Waals surface area contributed by atoms with E-state index in [2.05, 4.69) is 17.2 Å². The Balaban J connectivity index is 3.32. The van der Waals surface area contributed by atoms with Crippen LogP contribution in [0.5, 0.6) is 0 Å². The molecule has 1 N–H and O–H groups in total. The smallest absolute Gasteiger partial charge is 0.296 e. The van der Waals surface area contributed by atoms with Gasteiger partial charge < -0.3 is 0 Å². The van der Waals surface area contributed by atoms with Crippen molar-refractivity contribution in [3.05, 3.63) is 27.1 Å². The molecule has 1 unspecified atom stereocenters. The molecular formula is C8H11FN2OS. The number of hydrogen-bond acceptors (Lipinski definition) is 2. The van der Waals surface area contributed by atoms with E-state index in [4.69, 9.17) is 0 Å². The number of aromatic amines is 1. The maximum Gasteiger partial charge on any atom is 0.326 e. The first-order valence-corrected chi connectivity index (χ1v) is 4.48. The number of halogens is 1. The summed E-state index contributed by atoms with van der Waals surface area (Å²) in [6.07, 6.45) is 1.92. The molecule has 0 aromatic carbocycles. The normalized spacial score (nSPS) is 12.8. The van der Waals surface area contributed by atoms with Crippen molar-refractivity contribution in [2.45, 2.75) is 26.3 Å². The van der Waals surface area contributed by atoms with Gasteiger partial charge in [0.2, 0.25) is 0 Å². The van der Waals surface area contributed by atoms with E-state index in [0.717, 1.165) is 12.6 Å². The Hall–Kier alpha value is -0.970. The number of rotatable bonds is 2. The second-order valence-electron chi connectivity index (χ2n) is 2.90. The summed E-state index contributed by atoms with van der Waals surface area (Å²) in [7, 11) is 0. The Kier molecular flexibility index (Phi) is 2.98. The van der Waals surface area contributed by atoms with Crippen molar-refractivity contribution in [2.24, 2.45) is 0 Å². The molecule has 0 aliphatic rings. The topological polar surface area (TPSA) is 37.8 Å². The van der Waals surface area contributed by atoms with E-state index in [1.54, 1.807) is 0 Å². The van der Waals surface area contributed by atoms with Crippen molar-refractivity contribution < 1.29 is 4.39 Å². The second kappa shape index (κ2) is 3.83. The molecule has 0 amide bonds. The Morgan fingerprint density at radius 3 is 2.92 bits per heavy atom. The Morgan fingerprint density at radius 2 is 2.38 bits per heavy atom. The minimum absolute atomic E-state index is 0.0196. The monoisotopic (exact) mass is 202 g/mol. The molecular weight excluding hydrogens is 191 g/mol. The van der Waals surface area contributed by atoms with Gasteiger partial charge in [0.05, 0.1) is 0 Å². The Morgan fingerprint density at radius 1 is 1.77 bits per heavy atom. The van der Waals surface area contributed by atoms with Crippen LogP contribution in [0.1, 0.15) is 26.3 Å². The molecule has 13 heavy (non-hydrogen) atoms. The highest BCUT2D eigenvalue weighted by Crippen LogP contribution is 2.06. The van der Waals surface area contributed by atoms with Crippen molar-refractivity contribution in [1.82, 2.24) is 9.55 Å². The van der Waals surface area contributed by atoms with Gasteiger partial charge in [-0.15, -0.1) is 0 Å². The first-order chi connectivity index (χ1) is 6.06. The molecule has 1 heterocycles. The van der Waals surface area contributed by atoms with Crippen LogP contribution in [-0.4, -0.2) is 9.55 Å². The fourth-order valence-corrected chi connectivity index (χ4v) is 1.12. The van der Waals surface area contributed by atoms with Gasteiger partial charge in [-0.1, -0.05) is 19.1 Å². The van der Waals surface area contributed by atoms with Gasteiger partial charge in [0, 0.05) is 12.2 Å². The molecule has 72 valence electrons. The van der Waals surface area contributed by atoms with E-state index >= 15 is 0 Å². The average Bonchev–Trinajstić information content (AvgIpc) is 2.10. The summed E-state index contributed by atoms with van der Waals surface area (Å²) in [4.78, 5) is 13.5. The SMILES string of the molecule is CCC(C)n1cc(F)c(=S)[nH]c1=O. The molecule has 0 aliphatic heterocycles. The van der Waals surface area contributed by atoms with E-state index in [1.807, 2.05) is 13.8 Å². The van der Waals surface area contributed by atoms with Crippen LogP contribution < -0.4 is 5.69 Å². The zero-order chi connectivity index (χ0) is 10.0. The lowest BCUT2D eigenvalue weighted by molar-refractivity contribution is 0.477. The van der Waals surface area contributed by atoms with E-state index in [9.17, 15) is 9.18 Å². The third kappa shape index (κ3) is 2.03. The summed E-state index contributed by atoms with van der Waals surface area (Å²) in [6, 6.07) is -0.0196. The van der Waals surface area contributed by atoms with Gasteiger partial charge in [-0.3, -0.25) is 9.55 Å². The van der Waals surface area contributed by atoms with Crippen molar-refractivity contribution >= 4 is 12.2 Å². The Bertz CT molecular complexity index is 409. The maximum atomic E-state index is 13.0. The largest absolute Gasteiger partial charge is 0.326 e. The number of nitrogens with zero attached hydrogens (tertiary/aromatic N) is 1. The van der Waals surface area contributed by atoms with Crippen molar-refractivity contribution in [3.63, 3.8) is 0 Å². The average molecular weight is 202 g/mol. The standard InChI is InChI=1S/C8H11FN2OS/c1-3-5(2)11-4-6(9)7(13)10-8(11)12/h4-5H,3H2,1-2H3,(H,10,12,13). The zero-order valence-corrected chi connectivity index (χ0v) is 8.32. The molecule has 1 atom stereocenters. The molecule has 5 heteroatoms. The van der Waals surface area contributed by atoms with Gasteiger partial charge >= 0.3 is 5.69 Å². The third-order valence-corrected chi connectivity index (χ3v) is 2.29. The van der Waals surface area contributed by atoms with Crippen LogP contribution in [0.2, 0.25) is 0 Å². The lowest BCUT2D eigenvalue weighted by Gasteiger charge is -2.11. The number of aromatic nitrogens is 2. The number of hydrogen-bond donors (Lipinski definition) is 1. The highest BCUT2D eigenvalue weighted by atomic mass is 32.1. The number of nitrogens with one attached hydrogen (secondary N) is 1. The molecule has 3 nitrogen and oxygen atoms in total. The summed E-state index contributed by atoms with van der Waals surface area (Å²) in [5.41, 5.74) is -0.360. The van der Waals surface area contributed by atoms with Crippen molar-refractivity contribution in [1.29, 1.82) is 0 Å². The molecule has 1 aromatic rings. The highest BCUT2D eigenvalue weighted by Gasteiger charge is 2.06. The Labute approximate surface area is 80.2 Å². The summed E-state index contributed by atoms with van der Waals surface area (Å²) >= 11 is 4.58. The van der Waals surface area contributed by atoms with Crippen LogP contribution in [0.25, 0.3) is 0 Å². The van der Waals surface area contributed by atoms with Crippen LogP contribution in [0, 0.1) is 10.5 Å². The lowest BCUT2D eigenvalue weighted by Crippen LogP contribution is -2.25. The highest BCUT2D eigenvalue weighted by molar-refractivity contribution is 7.71. The van der Waals surface area contributed by atoms with Gasteiger partial charge in [-0.05, 0) is 13.3 Å². The first-order valence-electron chi connectivity index (χ1n) is 4.07. The van der Waals surface area contributed by atoms with Gasteiger partial charge in [-0.25, -0.2) is 9.18 Å². The predicted molar refractivity (Wildman–Crippen MR) is 50.8 cm³/mol. The van der Waals surface area contributed by atoms with E-state index in [-0.39, 0.29) is 16.4 Å². The first kappa shape index (κ1) is 10.1. The van der Waals surface area contributed by atoms with Gasteiger partial charge in [0.15, 0.2) is 5.82 Å². The van der Waals surface area contributed by atoms with Gasteiger partial charge in [-0.2, -0.15) is 0 Å². The van der Waals surface area contributed by atoms with E-state index in [1.165, 1.54) is 4.57 Å². The van der Waals surface area contributed by atoms with Gasteiger partial charge in [0.1, 0.15) is 4.64 Å². The molecule has 1 aromatic heterocycles. The summed E-state index contributed by atoms with van der Waals surface area (Å²) in [5, 5.41) is 0. The fraction of sp³-hybridized carbons (Fsp3) is 0.500. The van der Waals surface area contributed by atoms with Crippen LogP contribution in [0.15, 0.2) is 11.0 Å². The molecule has 0 aliphatic carbocycles. The maximum absolute atomic E-state index is 13.0. The zero-order valence-electron chi connectivity index (χ0n) is 7.50. The fourth-order valence-electron chi connectivity index (χ4n) is 0.985. The van der Waals surface area contributed by atoms with Crippen molar-refractivity contribution in [2.75, 3.05) is 0 Å². The second-order valence-corrected chi connectivity index (χ2v) is 3.31. The molecule has 1 rings (SSSR count). The minimum Gasteiger partial charge on any atom is -0.296 e. The molecule has 0 radical (unpaired) electrons.